The summed E-state index contributed by atoms with van der Waals surface area (Å²) in [7, 11) is 2.98. The molecule has 2 aromatic rings. The molecule has 144 valence electrons. The van der Waals surface area contributed by atoms with E-state index in [1.807, 2.05) is 6.07 Å². The van der Waals surface area contributed by atoms with Crippen LogP contribution < -0.4 is 15.2 Å². The highest BCUT2D eigenvalue weighted by molar-refractivity contribution is 6.27. The summed E-state index contributed by atoms with van der Waals surface area (Å²) in [6, 6.07) is 13.5. The van der Waals surface area contributed by atoms with Crippen molar-refractivity contribution in [1.29, 1.82) is 5.26 Å². The Hall–Kier alpha value is -4.05. The normalized spacial score (nSPS) is 17.9. The zero-order valence-electron chi connectivity index (χ0n) is 15.7. The fraction of sp³-hybridized carbons (Fsp3) is 0.136. The molecule has 0 saturated heterocycles. The molecule has 1 aliphatic carbocycles. The van der Waals surface area contributed by atoms with Gasteiger partial charge in [0.15, 0.2) is 11.5 Å². The molecule has 0 saturated carbocycles. The van der Waals surface area contributed by atoms with Crippen molar-refractivity contribution in [3.05, 3.63) is 81.9 Å². The molecule has 0 radical (unpaired) electrons. The topological polar surface area (TPSA) is 112 Å². The molecule has 2 aromatic carbocycles. The van der Waals surface area contributed by atoms with Gasteiger partial charge in [0.1, 0.15) is 23.1 Å². The van der Waals surface area contributed by atoms with Gasteiger partial charge in [-0.25, -0.2) is 0 Å². The van der Waals surface area contributed by atoms with E-state index in [9.17, 15) is 14.9 Å². The highest BCUT2D eigenvalue weighted by Gasteiger charge is 2.44. The van der Waals surface area contributed by atoms with Crippen molar-refractivity contribution < 1.29 is 23.8 Å². The number of hydrogen-bond acceptors (Lipinski definition) is 7. The monoisotopic (exact) mass is 388 g/mol. The van der Waals surface area contributed by atoms with Gasteiger partial charge in [-0.3, -0.25) is 9.59 Å². The van der Waals surface area contributed by atoms with Crippen LogP contribution >= 0.6 is 0 Å². The Labute approximate surface area is 166 Å². The number of fused-ring (bicyclic) bond motifs is 1. The Bertz CT molecular complexity index is 1170. The van der Waals surface area contributed by atoms with Crippen LogP contribution in [-0.2, 0) is 4.74 Å². The summed E-state index contributed by atoms with van der Waals surface area (Å²) in [5, 5.41) is 9.76. The number of carbonyl (C=O) groups is 2. The van der Waals surface area contributed by atoms with Crippen molar-refractivity contribution >= 4 is 11.6 Å². The van der Waals surface area contributed by atoms with Gasteiger partial charge in [-0.1, -0.05) is 24.3 Å². The Morgan fingerprint density at radius 3 is 2.34 bits per heavy atom. The first kappa shape index (κ1) is 18.3. The number of ether oxygens (including phenoxy) is 3. The van der Waals surface area contributed by atoms with Gasteiger partial charge < -0.3 is 19.9 Å². The van der Waals surface area contributed by atoms with Crippen LogP contribution in [0.25, 0.3) is 0 Å². The number of rotatable bonds is 3. The summed E-state index contributed by atoms with van der Waals surface area (Å²) in [5.41, 5.74) is 7.03. The zero-order chi connectivity index (χ0) is 20.7. The lowest BCUT2D eigenvalue weighted by Gasteiger charge is -2.31. The Balaban J connectivity index is 2.02. The molecule has 29 heavy (non-hydrogen) atoms. The Kier molecular flexibility index (Phi) is 4.32. The first-order valence-electron chi connectivity index (χ1n) is 8.73. The van der Waals surface area contributed by atoms with E-state index in [4.69, 9.17) is 19.9 Å². The maximum absolute atomic E-state index is 13.4. The van der Waals surface area contributed by atoms with E-state index in [2.05, 4.69) is 0 Å². The molecule has 0 fully saturated rings. The smallest absolute Gasteiger partial charge is 0.229 e. The van der Waals surface area contributed by atoms with Crippen molar-refractivity contribution in [2.24, 2.45) is 5.73 Å². The van der Waals surface area contributed by atoms with E-state index >= 15 is 0 Å². The van der Waals surface area contributed by atoms with Gasteiger partial charge in [0, 0.05) is 16.7 Å². The highest BCUT2D eigenvalue weighted by atomic mass is 16.5. The number of allylic oxidation sites excluding steroid dienone is 3. The molecular formula is C22H16N2O5. The van der Waals surface area contributed by atoms with E-state index < -0.39 is 17.5 Å². The lowest BCUT2D eigenvalue weighted by molar-refractivity contribution is 0.0897. The number of nitrogens with two attached hydrogens (primary N) is 1. The third-order valence-corrected chi connectivity index (χ3v) is 5.03. The molecule has 0 spiro atoms. The van der Waals surface area contributed by atoms with Gasteiger partial charge in [-0.15, -0.1) is 0 Å². The van der Waals surface area contributed by atoms with Crippen molar-refractivity contribution in [1.82, 2.24) is 0 Å². The van der Waals surface area contributed by atoms with Crippen molar-refractivity contribution in [3.63, 3.8) is 0 Å². The van der Waals surface area contributed by atoms with Crippen LogP contribution in [0.4, 0.5) is 0 Å². The molecule has 1 aliphatic heterocycles. The van der Waals surface area contributed by atoms with E-state index in [1.165, 1.54) is 14.2 Å². The predicted molar refractivity (Wildman–Crippen MR) is 102 cm³/mol. The first-order chi connectivity index (χ1) is 14.0. The summed E-state index contributed by atoms with van der Waals surface area (Å²) in [4.78, 5) is 26.4. The van der Waals surface area contributed by atoms with Crippen LogP contribution in [0.5, 0.6) is 11.5 Å². The number of ketones is 2. The molecule has 1 atom stereocenters. The molecule has 7 heteroatoms. The zero-order valence-corrected chi connectivity index (χ0v) is 15.7. The van der Waals surface area contributed by atoms with Gasteiger partial charge in [-0.2, -0.15) is 5.26 Å². The Morgan fingerprint density at radius 1 is 1.03 bits per heavy atom. The van der Waals surface area contributed by atoms with E-state index in [0.29, 0.717) is 17.1 Å². The first-order valence-corrected chi connectivity index (χ1v) is 8.73. The quantitative estimate of drug-likeness (QED) is 0.860. The average molecular weight is 388 g/mol. The summed E-state index contributed by atoms with van der Waals surface area (Å²) >= 11 is 0. The molecule has 0 bridgehead atoms. The molecule has 7 nitrogen and oxygen atoms in total. The number of methoxy groups -OCH3 is 2. The molecule has 2 aliphatic rings. The number of hydrogen-bond donors (Lipinski definition) is 1. The molecule has 0 unspecified atom stereocenters. The van der Waals surface area contributed by atoms with Gasteiger partial charge >= 0.3 is 0 Å². The van der Waals surface area contributed by atoms with E-state index in [1.54, 1.807) is 42.5 Å². The molecule has 1 heterocycles. The number of nitrogens with zero attached hydrogens (tertiary/aromatic N) is 1. The second-order valence-electron chi connectivity index (χ2n) is 6.48. The van der Waals surface area contributed by atoms with Gasteiger partial charge in [0.25, 0.3) is 0 Å². The molecule has 4 rings (SSSR count). The Morgan fingerprint density at radius 2 is 1.72 bits per heavy atom. The van der Waals surface area contributed by atoms with E-state index in [0.717, 1.165) is 0 Å². The van der Waals surface area contributed by atoms with Gasteiger partial charge in [0.2, 0.25) is 11.7 Å². The minimum atomic E-state index is -0.932. The third kappa shape index (κ3) is 2.65. The van der Waals surface area contributed by atoms with Crippen LogP contribution in [0.1, 0.15) is 32.2 Å². The van der Waals surface area contributed by atoms with Crippen LogP contribution in [0.3, 0.4) is 0 Å². The molecule has 0 aromatic heterocycles. The summed E-state index contributed by atoms with van der Waals surface area (Å²) in [6.45, 7) is 0. The lowest BCUT2D eigenvalue weighted by Crippen LogP contribution is -2.32. The largest absolute Gasteiger partial charge is 0.497 e. The van der Waals surface area contributed by atoms with Crippen LogP contribution in [0, 0.1) is 11.3 Å². The molecule has 0 amide bonds. The summed E-state index contributed by atoms with van der Waals surface area (Å²) in [5.74, 6) is -1.25. The number of benzene rings is 2. The number of carbonyl (C=O) groups excluding carboxylic acids is 2. The predicted octanol–water partition coefficient (Wildman–Crippen LogP) is 2.84. The lowest BCUT2D eigenvalue weighted by atomic mass is 9.75. The average Bonchev–Trinajstić information content (AvgIpc) is 2.76. The second-order valence-corrected chi connectivity index (χ2v) is 6.48. The van der Waals surface area contributed by atoms with Crippen LogP contribution in [0.15, 0.2) is 65.3 Å². The van der Waals surface area contributed by atoms with Crippen molar-refractivity contribution in [3.8, 4) is 17.6 Å². The fourth-order valence-electron chi connectivity index (χ4n) is 3.68. The van der Waals surface area contributed by atoms with Gasteiger partial charge in [-0.05, 0) is 18.2 Å². The minimum absolute atomic E-state index is 0.0239. The molecule has 2 N–H and O–H groups in total. The highest BCUT2D eigenvalue weighted by Crippen LogP contribution is 2.47. The van der Waals surface area contributed by atoms with Crippen LogP contribution in [-0.4, -0.2) is 25.8 Å². The molecular weight excluding hydrogens is 372 g/mol. The SMILES string of the molecule is COc1ccc(OC)c([C@@H]2C(C#N)=C(N)OC3=C2C(=O)c2ccccc2C3=O)c1. The van der Waals surface area contributed by atoms with Gasteiger partial charge in [0.05, 0.1) is 25.7 Å². The van der Waals surface area contributed by atoms with E-state index in [-0.39, 0.29) is 33.9 Å². The fourth-order valence-corrected chi connectivity index (χ4v) is 3.68. The summed E-state index contributed by atoms with van der Waals surface area (Å²) < 4.78 is 16.2. The maximum Gasteiger partial charge on any atom is 0.229 e. The number of Topliss-reactive ketones (excluding diaryl/α,β-unsaturated/α-hetero) is 2. The second kappa shape index (κ2) is 6.84. The van der Waals surface area contributed by atoms with Crippen LogP contribution in [0.2, 0.25) is 0 Å². The van der Waals surface area contributed by atoms with Crippen molar-refractivity contribution in [2.45, 2.75) is 5.92 Å². The summed E-state index contributed by atoms with van der Waals surface area (Å²) in [6.07, 6.45) is 0. The van der Waals surface area contributed by atoms with Crippen molar-refractivity contribution in [2.75, 3.05) is 14.2 Å². The standard InChI is InChI=1S/C22H16N2O5/c1-27-11-7-8-16(28-2)14(9-11)17-15(10-23)22(24)29-21-18(17)19(25)12-5-3-4-6-13(12)20(21)26/h3-9,17H,24H2,1-2H3/t17-/m1/s1. The maximum atomic E-state index is 13.4. The third-order valence-electron chi connectivity index (χ3n) is 5.03. The number of nitriles is 1. The minimum Gasteiger partial charge on any atom is -0.497 e.